The SMILES string of the molecule is C/C=C\CCCC=O.Cc1ccc(SNC2CC3CC(C2C)N3C)cc1. The molecule has 4 heteroatoms. The summed E-state index contributed by atoms with van der Waals surface area (Å²) in [6, 6.07) is 11.1. The van der Waals surface area contributed by atoms with E-state index >= 15 is 0 Å². The fourth-order valence-electron chi connectivity index (χ4n) is 3.76. The van der Waals surface area contributed by atoms with Crippen molar-refractivity contribution in [3.8, 4) is 0 Å². The van der Waals surface area contributed by atoms with E-state index < -0.39 is 0 Å². The second-order valence-electron chi connectivity index (χ2n) is 7.52. The van der Waals surface area contributed by atoms with E-state index in [1.165, 1.54) is 23.3 Å². The predicted molar refractivity (Wildman–Crippen MR) is 112 cm³/mol. The van der Waals surface area contributed by atoms with E-state index in [1.807, 2.05) is 13.0 Å². The number of rotatable bonds is 7. The largest absolute Gasteiger partial charge is 0.303 e. The van der Waals surface area contributed by atoms with Gasteiger partial charge in [-0.1, -0.05) is 36.8 Å². The van der Waals surface area contributed by atoms with Crippen molar-refractivity contribution in [2.24, 2.45) is 5.92 Å². The summed E-state index contributed by atoms with van der Waals surface area (Å²) in [5.74, 6) is 0.762. The first kappa shape index (κ1) is 21.2. The fourth-order valence-corrected chi connectivity index (χ4v) is 4.63. The van der Waals surface area contributed by atoms with Crippen molar-refractivity contribution in [3.05, 3.63) is 42.0 Å². The molecule has 26 heavy (non-hydrogen) atoms. The van der Waals surface area contributed by atoms with E-state index in [9.17, 15) is 4.79 Å². The van der Waals surface area contributed by atoms with Crippen molar-refractivity contribution in [1.29, 1.82) is 0 Å². The van der Waals surface area contributed by atoms with Crippen molar-refractivity contribution in [1.82, 2.24) is 9.62 Å². The van der Waals surface area contributed by atoms with Crippen LogP contribution >= 0.6 is 11.9 Å². The molecule has 4 rings (SSSR count). The van der Waals surface area contributed by atoms with Crippen LogP contribution in [0, 0.1) is 12.8 Å². The lowest BCUT2D eigenvalue weighted by atomic mass is 9.71. The van der Waals surface area contributed by atoms with Crippen LogP contribution in [-0.4, -0.2) is 36.4 Å². The molecule has 1 aromatic rings. The Labute approximate surface area is 163 Å². The number of benzene rings is 1. The van der Waals surface area contributed by atoms with E-state index in [2.05, 4.69) is 60.9 Å². The van der Waals surface area contributed by atoms with E-state index in [1.54, 1.807) is 11.9 Å². The molecular formula is C22H34N2OS. The second kappa shape index (κ2) is 10.9. The predicted octanol–water partition coefficient (Wildman–Crippen LogP) is 5.00. The minimum absolute atomic E-state index is 0.663. The van der Waals surface area contributed by atoms with Gasteiger partial charge in [0.1, 0.15) is 6.29 Å². The molecule has 1 saturated carbocycles. The maximum absolute atomic E-state index is 9.74. The first-order valence-electron chi connectivity index (χ1n) is 9.82. The summed E-state index contributed by atoms with van der Waals surface area (Å²) in [4.78, 5) is 13.6. The first-order chi connectivity index (χ1) is 12.6. The van der Waals surface area contributed by atoms with Crippen LogP contribution in [-0.2, 0) is 4.79 Å². The average molecular weight is 375 g/mol. The van der Waals surface area contributed by atoms with Gasteiger partial charge in [0, 0.05) is 29.4 Å². The Morgan fingerprint density at radius 2 is 1.96 bits per heavy atom. The van der Waals surface area contributed by atoms with Crippen molar-refractivity contribution >= 4 is 18.2 Å². The monoisotopic (exact) mass is 374 g/mol. The fraction of sp³-hybridized carbons (Fsp3) is 0.591. The lowest BCUT2D eigenvalue weighted by Gasteiger charge is -2.57. The van der Waals surface area contributed by atoms with E-state index in [0.29, 0.717) is 12.5 Å². The Kier molecular flexibility index (Phi) is 8.89. The molecule has 4 atom stereocenters. The summed E-state index contributed by atoms with van der Waals surface area (Å²) in [6.45, 7) is 6.51. The molecule has 0 aromatic heterocycles. The van der Waals surface area contributed by atoms with E-state index in [-0.39, 0.29) is 0 Å². The van der Waals surface area contributed by atoms with Gasteiger partial charge in [-0.3, -0.25) is 9.62 Å². The molecule has 4 unspecified atom stereocenters. The number of aryl methyl sites for hydroxylation is 1. The van der Waals surface area contributed by atoms with Crippen LogP contribution in [0.5, 0.6) is 0 Å². The quantitative estimate of drug-likeness (QED) is 0.315. The lowest BCUT2D eigenvalue weighted by molar-refractivity contribution is -0.107. The van der Waals surface area contributed by atoms with Crippen LogP contribution in [0.4, 0.5) is 0 Å². The van der Waals surface area contributed by atoms with Crippen molar-refractivity contribution < 1.29 is 4.79 Å². The van der Waals surface area contributed by atoms with Crippen LogP contribution in [0.3, 0.4) is 0 Å². The molecule has 3 nitrogen and oxygen atoms in total. The first-order valence-corrected chi connectivity index (χ1v) is 10.6. The summed E-state index contributed by atoms with van der Waals surface area (Å²) in [5, 5.41) is 0. The van der Waals surface area contributed by atoms with Gasteiger partial charge in [-0.05, 0) is 76.6 Å². The van der Waals surface area contributed by atoms with Gasteiger partial charge < -0.3 is 4.79 Å². The van der Waals surface area contributed by atoms with Crippen LogP contribution in [0.25, 0.3) is 0 Å². The smallest absolute Gasteiger partial charge is 0.120 e. The van der Waals surface area contributed by atoms with Crippen molar-refractivity contribution in [3.63, 3.8) is 0 Å². The Balaban J connectivity index is 0.000000260. The molecule has 0 amide bonds. The molecule has 2 heterocycles. The molecule has 3 fully saturated rings. The molecule has 1 aliphatic carbocycles. The van der Waals surface area contributed by atoms with E-state index in [4.69, 9.17) is 0 Å². The van der Waals surface area contributed by atoms with E-state index in [0.717, 1.165) is 37.1 Å². The molecule has 2 aliphatic heterocycles. The molecule has 0 spiro atoms. The number of allylic oxidation sites excluding steroid dienone is 2. The van der Waals surface area contributed by atoms with Gasteiger partial charge in [-0.2, -0.15) is 0 Å². The van der Waals surface area contributed by atoms with Crippen molar-refractivity contribution in [2.75, 3.05) is 7.05 Å². The molecule has 1 N–H and O–H groups in total. The highest BCUT2D eigenvalue weighted by molar-refractivity contribution is 7.97. The second-order valence-corrected chi connectivity index (χ2v) is 8.43. The molecule has 2 saturated heterocycles. The van der Waals surface area contributed by atoms with Crippen LogP contribution in [0.15, 0.2) is 41.3 Å². The van der Waals surface area contributed by atoms with Crippen LogP contribution in [0.2, 0.25) is 0 Å². The van der Waals surface area contributed by atoms with Gasteiger partial charge in [0.15, 0.2) is 0 Å². The molecule has 2 bridgehead atoms. The van der Waals surface area contributed by atoms with Gasteiger partial charge in [-0.15, -0.1) is 0 Å². The third-order valence-corrected chi connectivity index (χ3v) is 6.59. The maximum atomic E-state index is 9.74. The van der Waals surface area contributed by atoms with Gasteiger partial charge in [0.25, 0.3) is 0 Å². The molecular weight excluding hydrogens is 340 g/mol. The summed E-state index contributed by atoms with van der Waals surface area (Å²) in [5.41, 5.74) is 1.33. The molecule has 3 aliphatic rings. The summed E-state index contributed by atoms with van der Waals surface area (Å²) in [6.07, 6.45) is 10.5. The summed E-state index contributed by atoms with van der Waals surface area (Å²) >= 11 is 1.79. The maximum Gasteiger partial charge on any atom is 0.120 e. The average Bonchev–Trinajstić information content (AvgIpc) is 2.65. The minimum Gasteiger partial charge on any atom is -0.303 e. The van der Waals surface area contributed by atoms with Gasteiger partial charge in [0.05, 0.1) is 0 Å². The zero-order valence-electron chi connectivity index (χ0n) is 16.7. The number of carbonyl (C=O) groups is 1. The Morgan fingerprint density at radius 1 is 1.23 bits per heavy atom. The number of piperidine rings is 1. The number of hydrogen-bond donors (Lipinski definition) is 1. The summed E-state index contributed by atoms with van der Waals surface area (Å²) in [7, 11) is 2.28. The van der Waals surface area contributed by atoms with Gasteiger partial charge in [-0.25, -0.2) is 0 Å². The number of unbranched alkanes of at least 4 members (excludes halogenated alkanes) is 2. The third-order valence-electron chi connectivity index (χ3n) is 5.66. The number of nitrogens with one attached hydrogen (secondary N) is 1. The molecule has 0 radical (unpaired) electrons. The van der Waals surface area contributed by atoms with Crippen LogP contribution < -0.4 is 4.72 Å². The number of aldehydes is 1. The Bertz CT molecular complexity index is 572. The highest BCUT2D eigenvalue weighted by atomic mass is 32.2. The summed E-state index contributed by atoms with van der Waals surface area (Å²) < 4.78 is 3.68. The number of fused-ring (bicyclic) bond motifs is 2. The lowest BCUT2D eigenvalue weighted by Crippen LogP contribution is -2.66. The Morgan fingerprint density at radius 3 is 2.54 bits per heavy atom. The zero-order chi connectivity index (χ0) is 18.9. The Hall–Kier alpha value is -1.10. The number of nitrogens with zero attached hydrogens (tertiary/aromatic N) is 1. The number of carbonyl (C=O) groups excluding carboxylic acids is 1. The standard InChI is InChI=1S/C15H22N2S.C7H12O/c1-10-4-6-13(7-5-10)18-16-14-8-12-9-15(11(14)2)17(12)3;1-2-3-4-5-6-7-8/h4-7,11-12,14-16H,8-9H2,1-3H3;2-3,7H,4-6H2,1H3/b;3-2-. The zero-order valence-corrected chi connectivity index (χ0v) is 17.5. The number of hydrogen-bond acceptors (Lipinski definition) is 4. The highest BCUT2D eigenvalue weighted by Gasteiger charge is 2.47. The minimum atomic E-state index is 0.663. The third kappa shape index (κ3) is 5.97. The van der Waals surface area contributed by atoms with Crippen LogP contribution in [0.1, 0.15) is 51.5 Å². The topological polar surface area (TPSA) is 32.3 Å². The van der Waals surface area contributed by atoms with Gasteiger partial charge in [0.2, 0.25) is 0 Å². The molecule has 1 aromatic carbocycles. The van der Waals surface area contributed by atoms with Gasteiger partial charge >= 0.3 is 0 Å². The molecule has 144 valence electrons. The highest BCUT2D eigenvalue weighted by Crippen LogP contribution is 2.41. The normalized spacial score (nSPS) is 27.5. The van der Waals surface area contributed by atoms with Crippen molar-refractivity contribution in [2.45, 2.75) is 75.9 Å².